The molecule has 3 rings (SSSR count). The molecule has 1 fully saturated rings. The zero-order chi connectivity index (χ0) is 18.7. The third kappa shape index (κ3) is 3.83. The normalized spacial score (nSPS) is 20.0. The van der Waals surface area contributed by atoms with Crippen LogP contribution in [0.15, 0.2) is 54.6 Å². The van der Waals surface area contributed by atoms with Crippen molar-refractivity contribution < 1.29 is 27.4 Å². The van der Waals surface area contributed by atoms with Crippen LogP contribution in [0.2, 0.25) is 0 Å². The first kappa shape index (κ1) is 18.3. The van der Waals surface area contributed by atoms with Crippen LogP contribution in [0.3, 0.4) is 0 Å². The van der Waals surface area contributed by atoms with E-state index in [0.717, 1.165) is 10.5 Å². The van der Waals surface area contributed by atoms with Gasteiger partial charge in [0.25, 0.3) is 5.91 Å². The molecule has 1 saturated heterocycles. The lowest BCUT2D eigenvalue weighted by molar-refractivity contribution is -0.252. The third-order valence-electron chi connectivity index (χ3n) is 4.27. The van der Waals surface area contributed by atoms with E-state index in [0.29, 0.717) is 11.3 Å². The van der Waals surface area contributed by atoms with Gasteiger partial charge in [0, 0.05) is 6.54 Å². The van der Waals surface area contributed by atoms with Crippen LogP contribution in [-0.2, 0) is 22.7 Å². The number of likely N-dealkylation sites (tertiary alicyclic amines) is 1. The Kier molecular flexibility index (Phi) is 5.18. The summed E-state index contributed by atoms with van der Waals surface area (Å²) in [6.45, 7) is -0.168. The van der Waals surface area contributed by atoms with Crippen LogP contribution in [0, 0.1) is 0 Å². The van der Waals surface area contributed by atoms with Crippen molar-refractivity contribution in [2.45, 2.75) is 31.5 Å². The monoisotopic (exact) mass is 365 g/mol. The molecule has 2 atom stereocenters. The third-order valence-corrected chi connectivity index (χ3v) is 4.27. The molecule has 2 aromatic carbocycles. The Balaban J connectivity index is 1.69. The zero-order valence-corrected chi connectivity index (χ0v) is 14.1. The van der Waals surface area contributed by atoms with Crippen molar-refractivity contribution in [3.05, 3.63) is 65.7 Å². The second kappa shape index (κ2) is 7.37. The van der Waals surface area contributed by atoms with Crippen LogP contribution in [-0.4, -0.2) is 36.2 Å². The lowest BCUT2D eigenvalue weighted by atomic mass is 9.96. The Labute approximate surface area is 149 Å². The highest BCUT2D eigenvalue weighted by Gasteiger charge is 2.61. The van der Waals surface area contributed by atoms with E-state index < -0.39 is 24.2 Å². The largest absolute Gasteiger partial charge is 0.497 e. The molecule has 0 bridgehead atoms. The molecule has 0 N–H and O–H groups in total. The maximum atomic E-state index is 13.4. The van der Waals surface area contributed by atoms with Gasteiger partial charge < -0.3 is 14.4 Å². The summed E-state index contributed by atoms with van der Waals surface area (Å²) in [5.74, 6) is -0.0563. The minimum atomic E-state index is -4.55. The fourth-order valence-corrected chi connectivity index (χ4v) is 2.89. The van der Waals surface area contributed by atoms with E-state index in [2.05, 4.69) is 0 Å². The molecule has 0 spiro atoms. The number of hydrogen-bond donors (Lipinski definition) is 0. The molecule has 0 aromatic heterocycles. The number of hydrogen-bond acceptors (Lipinski definition) is 3. The Morgan fingerprint density at radius 1 is 1.00 bits per heavy atom. The average Bonchev–Trinajstić information content (AvgIpc) is 2.63. The number of benzene rings is 2. The number of carbonyl (C=O) groups excluding carboxylic acids is 1. The minimum absolute atomic E-state index is 0.0415. The summed E-state index contributed by atoms with van der Waals surface area (Å²) < 4.78 is 50.6. The van der Waals surface area contributed by atoms with Crippen molar-refractivity contribution in [2.24, 2.45) is 0 Å². The van der Waals surface area contributed by atoms with E-state index in [1.54, 1.807) is 54.6 Å². The van der Waals surface area contributed by atoms with Crippen LogP contribution < -0.4 is 4.74 Å². The molecule has 1 heterocycles. The van der Waals surface area contributed by atoms with Gasteiger partial charge in [-0.05, 0) is 23.3 Å². The Morgan fingerprint density at radius 3 is 2.23 bits per heavy atom. The molecule has 0 saturated carbocycles. The summed E-state index contributed by atoms with van der Waals surface area (Å²) in [5, 5.41) is 0. The van der Waals surface area contributed by atoms with Crippen molar-refractivity contribution in [3.8, 4) is 5.75 Å². The summed E-state index contributed by atoms with van der Waals surface area (Å²) in [6, 6.07) is 13.4. The summed E-state index contributed by atoms with van der Waals surface area (Å²) in [7, 11) is 1.50. The van der Waals surface area contributed by atoms with Crippen molar-refractivity contribution in [1.29, 1.82) is 0 Å². The summed E-state index contributed by atoms with van der Waals surface area (Å²) in [6.07, 6.45) is -6.06. The van der Waals surface area contributed by atoms with Gasteiger partial charge in [0.1, 0.15) is 5.75 Å². The smallest absolute Gasteiger partial charge is 0.411 e. The fourth-order valence-electron chi connectivity index (χ4n) is 2.89. The molecule has 0 unspecified atom stereocenters. The van der Waals surface area contributed by atoms with E-state index >= 15 is 0 Å². The van der Waals surface area contributed by atoms with Crippen LogP contribution in [0.1, 0.15) is 11.1 Å². The maximum Gasteiger partial charge on any atom is 0.411 e. The van der Waals surface area contributed by atoms with Crippen molar-refractivity contribution >= 4 is 5.91 Å². The van der Waals surface area contributed by atoms with Gasteiger partial charge in [-0.25, -0.2) is 0 Å². The molecule has 7 heteroatoms. The highest BCUT2D eigenvalue weighted by molar-refractivity contribution is 5.88. The first-order valence-electron chi connectivity index (χ1n) is 8.06. The number of halogens is 3. The molecule has 26 heavy (non-hydrogen) atoms. The van der Waals surface area contributed by atoms with Crippen molar-refractivity contribution in [3.63, 3.8) is 0 Å². The van der Waals surface area contributed by atoms with Gasteiger partial charge in [-0.2, -0.15) is 13.2 Å². The van der Waals surface area contributed by atoms with Gasteiger partial charge in [0.05, 0.1) is 13.7 Å². The van der Waals surface area contributed by atoms with Crippen molar-refractivity contribution in [1.82, 2.24) is 4.90 Å². The zero-order valence-electron chi connectivity index (χ0n) is 14.1. The SMILES string of the molecule is COc1ccc(CN2C(=O)[C@@H](OCc3ccccc3)[C@@H]2C(F)(F)F)cc1. The standard InChI is InChI=1S/C19H18F3NO3/c1-25-15-9-7-13(8-10-15)11-23-17(19(20,21)22)16(18(23)24)26-12-14-5-3-2-4-6-14/h2-10,16-17H,11-12H2,1H3/t16-,17+/m0/s1. The number of amides is 1. The van der Waals surface area contributed by atoms with Gasteiger partial charge in [-0.3, -0.25) is 4.79 Å². The lowest BCUT2D eigenvalue weighted by Gasteiger charge is -2.47. The number of ether oxygens (including phenoxy) is 2. The van der Waals surface area contributed by atoms with Crippen LogP contribution in [0.25, 0.3) is 0 Å². The van der Waals surface area contributed by atoms with E-state index in [4.69, 9.17) is 9.47 Å². The number of carbonyl (C=O) groups is 1. The quantitative estimate of drug-likeness (QED) is 0.735. The highest BCUT2D eigenvalue weighted by Crippen LogP contribution is 2.38. The van der Waals surface area contributed by atoms with E-state index in [1.807, 2.05) is 0 Å². The first-order chi connectivity index (χ1) is 12.4. The molecule has 1 aliphatic heterocycles. The first-order valence-corrected chi connectivity index (χ1v) is 8.06. The molecule has 1 amide bonds. The number of alkyl halides is 3. The Hall–Kier alpha value is -2.54. The molecule has 4 nitrogen and oxygen atoms in total. The van der Waals surface area contributed by atoms with Crippen LogP contribution >= 0.6 is 0 Å². The minimum Gasteiger partial charge on any atom is -0.497 e. The summed E-state index contributed by atoms with van der Waals surface area (Å²) in [4.78, 5) is 13.0. The lowest BCUT2D eigenvalue weighted by Crippen LogP contribution is -2.70. The van der Waals surface area contributed by atoms with Gasteiger partial charge in [0.2, 0.25) is 0 Å². The number of nitrogens with zero attached hydrogens (tertiary/aromatic N) is 1. The number of rotatable bonds is 6. The van der Waals surface area contributed by atoms with E-state index in [1.165, 1.54) is 7.11 Å². The van der Waals surface area contributed by atoms with Crippen LogP contribution in [0.4, 0.5) is 13.2 Å². The summed E-state index contributed by atoms with van der Waals surface area (Å²) >= 11 is 0. The fraction of sp³-hybridized carbons (Fsp3) is 0.316. The average molecular weight is 365 g/mol. The molecule has 0 radical (unpaired) electrons. The van der Waals surface area contributed by atoms with Gasteiger partial charge >= 0.3 is 6.18 Å². The second-order valence-corrected chi connectivity index (χ2v) is 6.02. The van der Waals surface area contributed by atoms with Crippen LogP contribution in [0.5, 0.6) is 5.75 Å². The Morgan fingerprint density at radius 2 is 1.65 bits per heavy atom. The molecule has 1 aliphatic rings. The molecule has 138 valence electrons. The van der Waals surface area contributed by atoms with Gasteiger partial charge in [-0.1, -0.05) is 42.5 Å². The topological polar surface area (TPSA) is 38.8 Å². The molecular formula is C19H18F3NO3. The van der Waals surface area contributed by atoms with E-state index in [9.17, 15) is 18.0 Å². The van der Waals surface area contributed by atoms with E-state index in [-0.39, 0.29) is 13.2 Å². The molecular weight excluding hydrogens is 347 g/mol. The summed E-state index contributed by atoms with van der Waals surface area (Å²) in [5.41, 5.74) is 1.31. The second-order valence-electron chi connectivity index (χ2n) is 6.02. The number of methoxy groups -OCH3 is 1. The highest BCUT2D eigenvalue weighted by atomic mass is 19.4. The molecule has 0 aliphatic carbocycles. The predicted octanol–water partition coefficient (Wildman–Crippen LogP) is 3.55. The van der Waals surface area contributed by atoms with Gasteiger partial charge in [-0.15, -0.1) is 0 Å². The Bertz CT molecular complexity index is 747. The maximum absolute atomic E-state index is 13.4. The van der Waals surface area contributed by atoms with Crippen molar-refractivity contribution in [2.75, 3.05) is 7.11 Å². The van der Waals surface area contributed by atoms with Gasteiger partial charge in [0.15, 0.2) is 12.1 Å². The predicted molar refractivity (Wildman–Crippen MR) is 88.4 cm³/mol. The number of β-lactam (4-membered cyclic amide) rings is 1. The molecule has 2 aromatic rings.